The summed E-state index contributed by atoms with van der Waals surface area (Å²) in [6, 6.07) is 9.07. The molecule has 8 heteroatoms. The Labute approximate surface area is 154 Å². The number of carboxylic acids is 1. The first-order valence-corrected chi connectivity index (χ1v) is 8.24. The molecule has 27 heavy (non-hydrogen) atoms. The van der Waals surface area contributed by atoms with E-state index in [1.54, 1.807) is 19.1 Å². The minimum absolute atomic E-state index is 0.164. The molecule has 1 aliphatic rings. The molecule has 2 atom stereocenters. The summed E-state index contributed by atoms with van der Waals surface area (Å²) in [4.78, 5) is 35.7. The average molecular weight is 372 g/mol. The molecular weight excluding hydrogens is 355 g/mol. The average Bonchev–Trinajstić information content (AvgIpc) is 2.62. The van der Waals surface area contributed by atoms with E-state index in [-0.39, 0.29) is 23.6 Å². The molecule has 0 saturated heterocycles. The monoisotopic (exact) mass is 372 g/mol. The molecule has 2 unspecified atom stereocenters. The van der Waals surface area contributed by atoms with E-state index in [2.05, 4.69) is 10.6 Å². The summed E-state index contributed by atoms with van der Waals surface area (Å²) in [5.41, 5.74) is 0.985. The molecule has 0 aliphatic carbocycles. The Morgan fingerprint density at radius 1 is 1.26 bits per heavy atom. The standard InChI is InChI=1S/C19H17FN2O5/c1-10-18(25)21-14-4-2-3-13(17(14)27-10)19(26)22-15(9-16(23)24)11-5-7-12(20)8-6-11/h2-8,10,15H,9H2,1H3,(H,21,25)(H,22,26)(H,23,24). The molecule has 1 heterocycles. The quantitative estimate of drug-likeness (QED) is 0.748. The Kier molecular flexibility index (Phi) is 5.07. The van der Waals surface area contributed by atoms with Crippen LogP contribution in [0, 0.1) is 5.82 Å². The highest BCUT2D eigenvalue weighted by Gasteiger charge is 2.28. The van der Waals surface area contributed by atoms with Crippen LogP contribution < -0.4 is 15.4 Å². The number of para-hydroxylation sites is 1. The van der Waals surface area contributed by atoms with Gasteiger partial charge in [-0.2, -0.15) is 0 Å². The lowest BCUT2D eigenvalue weighted by molar-refractivity contribution is -0.137. The Morgan fingerprint density at radius 3 is 2.63 bits per heavy atom. The molecule has 0 radical (unpaired) electrons. The molecule has 140 valence electrons. The molecule has 3 rings (SSSR count). The van der Waals surface area contributed by atoms with Crippen molar-refractivity contribution in [1.29, 1.82) is 0 Å². The Balaban J connectivity index is 1.88. The third-order valence-corrected chi connectivity index (χ3v) is 4.14. The maximum absolute atomic E-state index is 13.1. The maximum Gasteiger partial charge on any atom is 0.305 e. The Morgan fingerprint density at radius 2 is 1.96 bits per heavy atom. The van der Waals surface area contributed by atoms with Crippen molar-refractivity contribution < 1.29 is 28.6 Å². The molecule has 0 bridgehead atoms. The summed E-state index contributed by atoms with van der Waals surface area (Å²) in [6.45, 7) is 1.55. The Hall–Kier alpha value is -3.42. The topological polar surface area (TPSA) is 105 Å². The van der Waals surface area contributed by atoms with Crippen LogP contribution in [0.1, 0.15) is 35.3 Å². The number of fused-ring (bicyclic) bond motifs is 1. The minimum atomic E-state index is -1.11. The first-order valence-electron chi connectivity index (χ1n) is 8.24. The lowest BCUT2D eigenvalue weighted by atomic mass is 10.0. The normalized spacial score (nSPS) is 16.5. The lowest BCUT2D eigenvalue weighted by Gasteiger charge is -2.25. The fraction of sp³-hybridized carbons (Fsp3) is 0.211. The number of ether oxygens (including phenoxy) is 1. The zero-order chi connectivity index (χ0) is 19.6. The molecule has 1 aliphatic heterocycles. The molecular formula is C19H17FN2O5. The molecule has 2 aromatic rings. The van der Waals surface area contributed by atoms with E-state index in [1.165, 1.54) is 30.3 Å². The van der Waals surface area contributed by atoms with Crippen LogP contribution in [0.2, 0.25) is 0 Å². The van der Waals surface area contributed by atoms with Crippen molar-refractivity contribution in [2.45, 2.75) is 25.5 Å². The summed E-state index contributed by atoms with van der Waals surface area (Å²) in [5, 5.41) is 14.4. The van der Waals surface area contributed by atoms with Crippen molar-refractivity contribution in [1.82, 2.24) is 5.32 Å². The van der Waals surface area contributed by atoms with E-state index in [9.17, 15) is 18.8 Å². The minimum Gasteiger partial charge on any atom is -0.481 e. The van der Waals surface area contributed by atoms with E-state index in [0.717, 1.165) is 0 Å². The van der Waals surface area contributed by atoms with E-state index < -0.39 is 29.8 Å². The van der Waals surface area contributed by atoms with Gasteiger partial charge in [0.15, 0.2) is 11.9 Å². The van der Waals surface area contributed by atoms with Crippen LogP contribution in [-0.2, 0) is 9.59 Å². The number of halogens is 1. The summed E-state index contributed by atoms with van der Waals surface area (Å²) < 4.78 is 18.7. The number of benzene rings is 2. The van der Waals surface area contributed by atoms with Gasteiger partial charge < -0.3 is 20.5 Å². The van der Waals surface area contributed by atoms with Gasteiger partial charge in [0, 0.05) is 0 Å². The molecule has 7 nitrogen and oxygen atoms in total. The van der Waals surface area contributed by atoms with Gasteiger partial charge in [-0.1, -0.05) is 18.2 Å². The summed E-state index contributed by atoms with van der Waals surface area (Å²) in [6.07, 6.45) is -1.14. The van der Waals surface area contributed by atoms with Crippen LogP contribution in [-0.4, -0.2) is 29.0 Å². The molecule has 0 spiro atoms. The zero-order valence-electron chi connectivity index (χ0n) is 14.4. The molecule has 0 aromatic heterocycles. The number of carbonyl (C=O) groups is 3. The zero-order valence-corrected chi connectivity index (χ0v) is 14.4. The van der Waals surface area contributed by atoms with Gasteiger partial charge in [-0.3, -0.25) is 14.4 Å². The highest BCUT2D eigenvalue weighted by Crippen LogP contribution is 2.33. The second kappa shape index (κ2) is 7.45. The number of hydrogen-bond donors (Lipinski definition) is 3. The van der Waals surface area contributed by atoms with Gasteiger partial charge >= 0.3 is 5.97 Å². The first kappa shape index (κ1) is 18.4. The van der Waals surface area contributed by atoms with Crippen LogP contribution in [0.15, 0.2) is 42.5 Å². The molecule has 0 saturated carbocycles. The molecule has 2 aromatic carbocycles. The first-order chi connectivity index (χ1) is 12.8. The second-order valence-electron chi connectivity index (χ2n) is 6.11. The van der Waals surface area contributed by atoms with Gasteiger partial charge in [-0.05, 0) is 36.8 Å². The SMILES string of the molecule is CC1Oc2c(cccc2C(=O)NC(CC(=O)O)c2ccc(F)cc2)NC1=O. The molecule has 2 amide bonds. The molecule has 3 N–H and O–H groups in total. The molecule has 0 fully saturated rings. The third-order valence-electron chi connectivity index (χ3n) is 4.14. The Bertz CT molecular complexity index is 897. The smallest absolute Gasteiger partial charge is 0.305 e. The van der Waals surface area contributed by atoms with E-state index in [4.69, 9.17) is 9.84 Å². The van der Waals surface area contributed by atoms with E-state index in [0.29, 0.717) is 11.3 Å². The lowest BCUT2D eigenvalue weighted by Crippen LogP contribution is -2.36. The van der Waals surface area contributed by atoms with Crippen LogP contribution in [0.5, 0.6) is 5.75 Å². The van der Waals surface area contributed by atoms with Crippen molar-refractivity contribution in [3.63, 3.8) is 0 Å². The van der Waals surface area contributed by atoms with E-state index in [1.807, 2.05) is 0 Å². The highest BCUT2D eigenvalue weighted by atomic mass is 19.1. The predicted molar refractivity (Wildman–Crippen MR) is 94.0 cm³/mol. The van der Waals surface area contributed by atoms with Crippen LogP contribution in [0.3, 0.4) is 0 Å². The van der Waals surface area contributed by atoms with Crippen molar-refractivity contribution in [2.24, 2.45) is 0 Å². The van der Waals surface area contributed by atoms with Crippen LogP contribution in [0.25, 0.3) is 0 Å². The van der Waals surface area contributed by atoms with Crippen molar-refractivity contribution in [3.8, 4) is 5.75 Å². The number of carboxylic acid groups (broad SMARTS) is 1. The maximum atomic E-state index is 13.1. The van der Waals surface area contributed by atoms with E-state index >= 15 is 0 Å². The highest BCUT2D eigenvalue weighted by molar-refractivity contribution is 6.04. The van der Waals surface area contributed by atoms with Gasteiger partial charge in [-0.25, -0.2) is 4.39 Å². The third kappa shape index (κ3) is 4.05. The number of hydrogen-bond acceptors (Lipinski definition) is 4. The summed E-state index contributed by atoms with van der Waals surface area (Å²) in [7, 11) is 0. The van der Waals surface area contributed by atoms with Crippen LogP contribution in [0.4, 0.5) is 10.1 Å². The number of aliphatic carboxylic acids is 1. The number of nitrogens with one attached hydrogen (secondary N) is 2. The van der Waals surface area contributed by atoms with Crippen molar-refractivity contribution in [2.75, 3.05) is 5.32 Å². The van der Waals surface area contributed by atoms with Gasteiger partial charge in [0.05, 0.1) is 23.7 Å². The number of anilines is 1. The largest absolute Gasteiger partial charge is 0.481 e. The number of rotatable bonds is 5. The van der Waals surface area contributed by atoms with Gasteiger partial charge in [-0.15, -0.1) is 0 Å². The number of amides is 2. The predicted octanol–water partition coefficient (Wildman–Crippen LogP) is 2.49. The van der Waals surface area contributed by atoms with Crippen molar-refractivity contribution >= 4 is 23.5 Å². The number of carbonyl (C=O) groups excluding carboxylic acids is 2. The van der Waals surface area contributed by atoms with Crippen LogP contribution >= 0.6 is 0 Å². The summed E-state index contributed by atoms with van der Waals surface area (Å²) in [5.74, 6) is -2.25. The second-order valence-corrected chi connectivity index (χ2v) is 6.11. The van der Waals surface area contributed by atoms with Gasteiger partial charge in [0.25, 0.3) is 11.8 Å². The van der Waals surface area contributed by atoms with Crippen molar-refractivity contribution in [3.05, 3.63) is 59.4 Å². The van der Waals surface area contributed by atoms with Gasteiger partial charge in [0.2, 0.25) is 0 Å². The fourth-order valence-electron chi connectivity index (χ4n) is 2.76. The summed E-state index contributed by atoms with van der Waals surface area (Å²) >= 11 is 0. The van der Waals surface area contributed by atoms with Gasteiger partial charge in [0.1, 0.15) is 5.82 Å². The fourth-order valence-corrected chi connectivity index (χ4v) is 2.76.